The molecule has 2 aromatic heterocycles. The van der Waals surface area contributed by atoms with Crippen molar-refractivity contribution in [1.82, 2.24) is 19.7 Å². The van der Waals surface area contributed by atoms with E-state index in [9.17, 15) is 5.11 Å². The van der Waals surface area contributed by atoms with Crippen LogP contribution in [0.3, 0.4) is 0 Å². The smallest absolute Gasteiger partial charge is 0.222 e. The second kappa shape index (κ2) is 9.27. The molecule has 1 aliphatic heterocycles. The van der Waals surface area contributed by atoms with Gasteiger partial charge >= 0.3 is 0 Å². The lowest BCUT2D eigenvalue weighted by molar-refractivity contribution is -0.0569. The molecule has 172 valence electrons. The van der Waals surface area contributed by atoms with Crippen LogP contribution in [0.2, 0.25) is 0 Å². The molecule has 32 heavy (non-hydrogen) atoms. The Morgan fingerprint density at radius 1 is 1.31 bits per heavy atom. The minimum absolute atomic E-state index is 0.0742. The summed E-state index contributed by atoms with van der Waals surface area (Å²) in [5.74, 6) is 1.52. The minimum atomic E-state index is -0.465. The van der Waals surface area contributed by atoms with Crippen molar-refractivity contribution in [2.75, 3.05) is 38.0 Å². The third kappa shape index (κ3) is 4.34. The molecule has 3 heterocycles. The Balaban J connectivity index is 1.68. The molecular formula is C22H31N7O3. The fourth-order valence-corrected chi connectivity index (χ4v) is 4.06. The number of nitrogens with one attached hydrogen (secondary N) is 1. The van der Waals surface area contributed by atoms with Gasteiger partial charge in [0.25, 0.3) is 0 Å². The van der Waals surface area contributed by atoms with Gasteiger partial charge in [0.2, 0.25) is 5.95 Å². The Labute approximate surface area is 186 Å². The highest BCUT2D eigenvalue weighted by Crippen LogP contribution is 2.32. The van der Waals surface area contributed by atoms with Crippen LogP contribution in [0.4, 0.5) is 11.8 Å². The molecule has 0 radical (unpaired) electrons. The van der Waals surface area contributed by atoms with E-state index in [0.717, 1.165) is 35.2 Å². The van der Waals surface area contributed by atoms with Gasteiger partial charge in [-0.05, 0) is 24.5 Å². The molecule has 0 aliphatic carbocycles. The molecule has 10 nitrogen and oxygen atoms in total. The summed E-state index contributed by atoms with van der Waals surface area (Å²) in [6.45, 7) is 3.66. The van der Waals surface area contributed by atoms with E-state index in [1.165, 1.54) is 0 Å². The predicted octanol–water partition coefficient (Wildman–Crippen LogP) is 1.61. The number of aliphatic hydroxyl groups excluding tert-OH is 1. The van der Waals surface area contributed by atoms with E-state index >= 15 is 0 Å². The Morgan fingerprint density at radius 3 is 2.78 bits per heavy atom. The molecule has 0 spiro atoms. The number of rotatable bonds is 10. The van der Waals surface area contributed by atoms with Gasteiger partial charge in [-0.3, -0.25) is 4.68 Å². The van der Waals surface area contributed by atoms with Gasteiger partial charge in [-0.25, -0.2) is 4.98 Å². The van der Waals surface area contributed by atoms with Crippen molar-refractivity contribution >= 4 is 22.8 Å². The molecule has 1 saturated heterocycles. The van der Waals surface area contributed by atoms with E-state index in [1.54, 1.807) is 13.3 Å². The molecule has 1 fully saturated rings. The van der Waals surface area contributed by atoms with E-state index in [4.69, 9.17) is 20.9 Å². The zero-order valence-electron chi connectivity index (χ0n) is 18.5. The number of anilines is 2. The molecule has 0 amide bonds. The molecular weight excluding hydrogens is 410 g/mol. The number of nitrogen functional groups attached to an aromatic ring is 1. The van der Waals surface area contributed by atoms with Crippen LogP contribution >= 0.6 is 0 Å². The number of methoxy groups -OCH3 is 1. The average Bonchev–Trinajstić information content (AvgIpc) is 3.15. The minimum Gasteiger partial charge on any atom is -0.496 e. The number of hydrogen-bond donors (Lipinski definition) is 4. The fraction of sp³-hybridized carbons (Fsp3) is 0.500. The molecule has 6 N–H and O–H groups in total. The Hall–Kier alpha value is -2.95. The van der Waals surface area contributed by atoms with Gasteiger partial charge in [-0.2, -0.15) is 10.1 Å². The Kier molecular flexibility index (Phi) is 6.45. The largest absolute Gasteiger partial charge is 0.496 e. The summed E-state index contributed by atoms with van der Waals surface area (Å²) in [6, 6.07) is 6.06. The van der Waals surface area contributed by atoms with Crippen molar-refractivity contribution in [3.63, 3.8) is 0 Å². The highest BCUT2D eigenvalue weighted by atomic mass is 16.5. The lowest BCUT2D eigenvalue weighted by Gasteiger charge is -2.38. The Bertz CT molecular complexity index is 1070. The fourth-order valence-electron chi connectivity index (χ4n) is 4.06. The number of nitrogens with two attached hydrogens (primary N) is 2. The molecule has 1 atom stereocenters. The van der Waals surface area contributed by atoms with Crippen molar-refractivity contribution in [3.05, 3.63) is 35.5 Å². The molecule has 1 aromatic carbocycles. The third-order valence-electron chi connectivity index (χ3n) is 5.86. The van der Waals surface area contributed by atoms with Gasteiger partial charge in [0.05, 0.1) is 38.6 Å². The average molecular weight is 442 g/mol. The van der Waals surface area contributed by atoms with E-state index in [-0.39, 0.29) is 18.6 Å². The lowest BCUT2D eigenvalue weighted by atomic mass is 9.88. The zero-order chi connectivity index (χ0) is 22.7. The molecule has 0 saturated carbocycles. The molecule has 4 rings (SSSR count). The first-order valence-corrected chi connectivity index (χ1v) is 10.9. The van der Waals surface area contributed by atoms with Gasteiger partial charge in [-0.1, -0.05) is 25.5 Å². The van der Waals surface area contributed by atoms with Crippen LogP contribution in [0, 0.1) is 0 Å². The summed E-state index contributed by atoms with van der Waals surface area (Å²) in [7, 11) is 1.64. The van der Waals surface area contributed by atoms with E-state index in [0.29, 0.717) is 37.5 Å². The number of hydrogen-bond acceptors (Lipinski definition) is 9. The van der Waals surface area contributed by atoms with Crippen molar-refractivity contribution in [3.8, 4) is 5.75 Å². The molecule has 0 unspecified atom stereocenters. The van der Waals surface area contributed by atoms with Crippen LogP contribution in [0.25, 0.3) is 11.0 Å². The van der Waals surface area contributed by atoms with Crippen molar-refractivity contribution in [1.29, 1.82) is 0 Å². The molecule has 0 bridgehead atoms. The summed E-state index contributed by atoms with van der Waals surface area (Å²) >= 11 is 0. The first-order valence-electron chi connectivity index (χ1n) is 10.9. The van der Waals surface area contributed by atoms with Crippen LogP contribution < -0.4 is 21.5 Å². The monoisotopic (exact) mass is 441 g/mol. The highest BCUT2D eigenvalue weighted by molar-refractivity contribution is 5.86. The van der Waals surface area contributed by atoms with E-state index < -0.39 is 5.54 Å². The maximum atomic E-state index is 9.43. The van der Waals surface area contributed by atoms with Crippen LogP contribution in [0.15, 0.2) is 24.4 Å². The van der Waals surface area contributed by atoms with Gasteiger partial charge in [-0.15, -0.1) is 0 Å². The zero-order valence-corrected chi connectivity index (χ0v) is 18.5. The maximum Gasteiger partial charge on any atom is 0.222 e. The SMILES string of the molecule is CCC[C@@H](CCO)Nc1nc(N)nc2cnn(Cc3ccc(C4(N)COC4)cc3OC)c12. The van der Waals surface area contributed by atoms with Crippen molar-refractivity contribution in [2.24, 2.45) is 5.73 Å². The second-order valence-electron chi connectivity index (χ2n) is 8.28. The number of benzene rings is 1. The van der Waals surface area contributed by atoms with Gasteiger partial charge in [0, 0.05) is 18.2 Å². The van der Waals surface area contributed by atoms with Crippen LogP contribution in [-0.2, 0) is 16.8 Å². The van der Waals surface area contributed by atoms with E-state index in [2.05, 4.69) is 27.3 Å². The highest BCUT2D eigenvalue weighted by Gasteiger charge is 2.36. The summed E-state index contributed by atoms with van der Waals surface area (Å²) in [5.41, 5.74) is 15.2. The summed E-state index contributed by atoms with van der Waals surface area (Å²) < 4.78 is 12.8. The lowest BCUT2D eigenvalue weighted by Crippen LogP contribution is -2.54. The topological polar surface area (TPSA) is 146 Å². The number of aromatic nitrogens is 4. The van der Waals surface area contributed by atoms with Crippen LogP contribution in [0.5, 0.6) is 5.75 Å². The van der Waals surface area contributed by atoms with Crippen LogP contribution in [0.1, 0.15) is 37.3 Å². The maximum absolute atomic E-state index is 9.43. The van der Waals surface area contributed by atoms with Gasteiger partial charge in [0.1, 0.15) is 16.8 Å². The molecule has 1 aliphatic rings. The quantitative estimate of drug-likeness (QED) is 0.368. The Morgan fingerprint density at radius 2 is 2.12 bits per heavy atom. The summed E-state index contributed by atoms with van der Waals surface area (Å²) in [5, 5.41) is 17.4. The molecule has 3 aromatic rings. The van der Waals surface area contributed by atoms with Gasteiger partial charge < -0.3 is 31.4 Å². The summed E-state index contributed by atoms with van der Waals surface area (Å²) in [6.07, 6.45) is 4.19. The van der Waals surface area contributed by atoms with Crippen LogP contribution in [-0.4, -0.2) is 57.8 Å². The van der Waals surface area contributed by atoms with Gasteiger partial charge in [0.15, 0.2) is 5.82 Å². The summed E-state index contributed by atoms with van der Waals surface area (Å²) in [4.78, 5) is 8.78. The second-order valence-corrected chi connectivity index (χ2v) is 8.28. The third-order valence-corrected chi connectivity index (χ3v) is 5.86. The van der Waals surface area contributed by atoms with E-state index in [1.807, 2.05) is 22.9 Å². The van der Waals surface area contributed by atoms with Crippen molar-refractivity contribution in [2.45, 2.75) is 44.3 Å². The number of ether oxygens (including phenoxy) is 2. The number of fused-ring (bicyclic) bond motifs is 1. The number of nitrogens with zero attached hydrogens (tertiary/aromatic N) is 4. The predicted molar refractivity (Wildman–Crippen MR) is 123 cm³/mol. The number of aliphatic hydroxyl groups is 1. The normalized spacial score (nSPS) is 16.0. The van der Waals surface area contributed by atoms with Crippen molar-refractivity contribution < 1.29 is 14.6 Å². The first-order chi connectivity index (χ1) is 15.5. The standard InChI is InChI=1S/C22H31N7O3/c1-3-4-16(7-8-30)26-20-19-17(27-21(23)28-20)10-25-29(19)11-14-5-6-15(9-18(14)31-2)22(24)12-32-13-22/h5-6,9-10,16,30H,3-4,7-8,11-13,24H2,1-2H3,(H3,23,26,27,28)/t16-/m0/s1. The first kappa shape index (κ1) is 22.3. The molecule has 10 heteroatoms.